The van der Waals surface area contributed by atoms with E-state index in [9.17, 15) is 18.0 Å². The summed E-state index contributed by atoms with van der Waals surface area (Å²) in [7, 11) is 1.56. The molecular weight excluding hydrogens is 337 g/mol. The summed E-state index contributed by atoms with van der Waals surface area (Å²) in [6.45, 7) is 0.904. The second-order valence-corrected chi connectivity index (χ2v) is 5.04. The van der Waals surface area contributed by atoms with Crippen LogP contribution >= 0.6 is 0 Å². The van der Waals surface area contributed by atoms with Gasteiger partial charge in [-0.15, -0.1) is 0 Å². The molecule has 0 saturated carbocycles. The predicted molar refractivity (Wildman–Crippen MR) is 85.6 cm³/mol. The van der Waals surface area contributed by atoms with Crippen LogP contribution in [0, 0.1) is 0 Å². The van der Waals surface area contributed by atoms with E-state index < -0.39 is 17.6 Å². The average molecular weight is 354 g/mol. The number of benzene rings is 1. The maximum atomic E-state index is 13.0. The van der Waals surface area contributed by atoms with Crippen LogP contribution in [0.2, 0.25) is 0 Å². The maximum absolute atomic E-state index is 13.0. The standard InChI is InChI=1S/C16H17F3N4O2/c1-25-10-4-8-20-14(24)13-7-9-21-15(23-13)22-12-6-3-2-5-11(12)16(17,18)19/h2-3,5-7,9H,4,8,10H2,1H3,(H,20,24)(H,21,22,23). The highest BCUT2D eigenvalue weighted by Crippen LogP contribution is 2.35. The molecule has 0 aliphatic heterocycles. The van der Waals surface area contributed by atoms with Crippen molar-refractivity contribution in [2.75, 3.05) is 25.6 Å². The molecule has 0 fully saturated rings. The molecule has 1 aromatic heterocycles. The number of anilines is 2. The van der Waals surface area contributed by atoms with Crippen LogP contribution in [0.15, 0.2) is 36.5 Å². The lowest BCUT2D eigenvalue weighted by Crippen LogP contribution is -2.26. The molecular formula is C16H17F3N4O2. The van der Waals surface area contributed by atoms with E-state index in [0.29, 0.717) is 19.6 Å². The summed E-state index contributed by atoms with van der Waals surface area (Å²) in [5, 5.41) is 5.15. The second-order valence-electron chi connectivity index (χ2n) is 5.04. The molecule has 2 aromatic rings. The van der Waals surface area contributed by atoms with E-state index in [1.165, 1.54) is 30.5 Å². The van der Waals surface area contributed by atoms with Crippen molar-refractivity contribution in [1.82, 2.24) is 15.3 Å². The third kappa shape index (κ3) is 5.42. The first-order valence-electron chi connectivity index (χ1n) is 7.45. The normalized spacial score (nSPS) is 11.2. The summed E-state index contributed by atoms with van der Waals surface area (Å²) in [4.78, 5) is 19.8. The molecule has 25 heavy (non-hydrogen) atoms. The van der Waals surface area contributed by atoms with E-state index in [1.807, 2.05) is 0 Å². The minimum absolute atomic E-state index is 0.0550. The van der Waals surface area contributed by atoms with Crippen molar-refractivity contribution in [3.05, 3.63) is 47.8 Å². The number of methoxy groups -OCH3 is 1. The molecule has 0 bridgehead atoms. The fraction of sp³-hybridized carbons (Fsp3) is 0.312. The van der Waals surface area contributed by atoms with Crippen LogP contribution < -0.4 is 10.6 Å². The van der Waals surface area contributed by atoms with Crippen LogP contribution in [0.1, 0.15) is 22.5 Å². The number of ether oxygens (including phenoxy) is 1. The number of rotatable bonds is 7. The van der Waals surface area contributed by atoms with E-state index in [1.54, 1.807) is 7.11 Å². The fourth-order valence-corrected chi connectivity index (χ4v) is 2.01. The number of para-hydroxylation sites is 1. The Labute approximate surface area is 142 Å². The quantitative estimate of drug-likeness (QED) is 0.748. The number of hydrogen-bond donors (Lipinski definition) is 2. The van der Waals surface area contributed by atoms with Crippen LogP contribution in [0.5, 0.6) is 0 Å². The molecule has 6 nitrogen and oxygen atoms in total. The molecule has 0 unspecified atom stereocenters. The molecule has 0 saturated heterocycles. The van der Waals surface area contributed by atoms with Gasteiger partial charge in [-0.2, -0.15) is 13.2 Å². The Morgan fingerprint density at radius 2 is 2.00 bits per heavy atom. The maximum Gasteiger partial charge on any atom is 0.418 e. The third-order valence-corrected chi connectivity index (χ3v) is 3.18. The minimum atomic E-state index is -4.51. The number of alkyl halides is 3. The summed E-state index contributed by atoms with van der Waals surface area (Å²) in [6, 6.07) is 6.35. The Bertz CT molecular complexity index is 723. The monoisotopic (exact) mass is 354 g/mol. The van der Waals surface area contributed by atoms with Crippen LogP contribution in [-0.4, -0.2) is 36.1 Å². The highest BCUT2D eigenvalue weighted by Gasteiger charge is 2.33. The third-order valence-electron chi connectivity index (χ3n) is 3.18. The number of amides is 1. The van der Waals surface area contributed by atoms with Gasteiger partial charge in [-0.05, 0) is 24.6 Å². The van der Waals surface area contributed by atoms with Gasteiger partial charge in [0.15, 0.2) is 0 Å². The molecule has 0 aliphatic rings. The Balaban J connectivity index is 2.11. The van der Waals surface area contributed by atoms with Gasteiger partial charge in [-0.25, -0.2) is 9.97 Å². The van der Waals surface area contributed by atoms with E-state index in [4.69, 9.17) is 4.74 Å². The number of halogens is 3. The van der Waals surface area contributed by atoms with Crippen molar-refractivity contribution in [1.29, 1.82) is 0 Å². The van der Waals surface area contributed by atoms with E-state index in [2.05, 4.69) is 20.6 Å². The Morgan fingerprint density at radius 3 is 2.72 bits per heavy atom. The number of carbonyl (C=O) groups excluding carboxylic acids is 1. The zero-order valence-electron chi connectivity index (χ0n) is 13.4. The molecule has 1 aromatic carbocycles. The molecule has 1 heterocycles. The van der Waals surface area contributed by atoms with Crippen LogP contribution in [0.4, 0.5) is 24.8 Å². The summed E-state index contributed by atoms with van der Waals surface area (Å²) < 4.78 is 43.9. The van der Waals surface area contributed by atoms with Crippen molar-refractivity contribution < 1.29 is 22.7 Å². The molecule has 0 aliphatic carbocycles. The zero-order chi connectivity index (χ0) is 18.3. The second kappa shape index (κ2) is 8.43. The van der Waals surface area contributed by atoms with Crippen LogP contribution in [-0.2, 0) is 10.9 Å². The number of aromatic nitrogens is 2. The lowest BCUT2D eigenvalue weighted by atomic mass is 10.1. The zero-order valence-corrected chi connectivity index (χ0v) is 13.4. The number of nitrogens with zero attached hydrogens (tertiary/aromatic N) is 2. The van der Waals surface area contributed by atoms with Crippen molar-refractivity contribution in [3.63, 3.8) is 0 Å². The van der Waals surface area contributed by atoms with Gasteiger partial charge < -0.3 is 15.4 Å². The number of nitrogens with one attached hydrogen (secondary N) is 2. The van der Waals surface area contributed by atoms with E-state index >= 15 is 0 Å². The average Bonchev–Trinajstić information content (AvgIpc) is 2.58. The predicted octanol–water partition coefficient (Wildman–Crippen LogP) is 3.01. The van der Waals surface area contributed by atoms with Crippen LogP contribution in [0.25, 0.3) is 0 Å². The van der Waals surface area contributed by atoms with Gasteiger partial charge in [0.2, 0.25) is 5.95 Å². The van der Waals surface area contributed by atoms with Crippen LogP contribution in [0.3, 0.4) is 0 Å². The smallest absolute Gasteiger partial charge is 0.385 e. The van der Waals surface area contributed by atoms with Gasteiger partial charge in [0, 0.05) is 26.5 Å². The minimum Gasteiger partial charge on any atom is -0.385 e. The van der Waals surface area contributed by atoms with Crippen molar-refractivity contribution >= 4 is 17.5 Å². The molecule has 0 spiro atoms. The van der Waals surface area contributed by atoms with Gasteiger partial charge in [0.05, 0.1) is 11.3 Å². The van der Waals surface area contributed by atoms with E-state index in [0.717, 1.165) is 6.07 Å². The molecule has 134 valence electrons. The molecule has 0 atom stereocenters. The fourth-order valence-electron chi connectivity index (χ4n) is 2.01. The van der Waals surface area contributed by atoms with E-state index in [-0.39, 0.29) is 17.3 Å². The highest BCUT2D eigenvalue weighted by atomic mass is 19.4. The summed E-state index contributed by atoms with van der Waals surface area (Å²) in [5.74, 6) is -0.535. The van der Waals surface area contributed by atoms with Crippen molar-refractivity contribution in [3.8, 4) is 0 Å². The molecule has 0 radical (unpaired) electrons. The first-order valence-corrected chi connectivity index (χ1v) is 7.45. The number of hydrogen-bond acceptors (Lipinski definition) is 5. The first-order chi connectivity index (χ1) is 11.9. The van der Waals surface area contributed by atoms with Gasteiger partial charge in [0.25, 0.3) is 5.91 Å². The summed E-state index contributed by atoms with van der Waals surface area (Å²) in [5.41, 5.74) is -0.972. The van der Waals surface area contributed by atoms with Crippen molar-refractivity contribution in [2.24, 2.45) is 0 Å². The topological polar surface area (TPSA) is 76.1 Å². The van der Waals surface area contributed by atoms with Gasteiger partial charge in [-0.1, -0.05) is 12.1 Å². The SMILES string of the molecule is COCCCNC(=O)c1ccnc(Nc2ccccc2C(F)(F)F)n1. The summed E-state index contributed by atoms with van der Waals surface area (Å²) in [6.07, 6.45) is -2.58. The lowest BCUT2D eigenvalue weighted by molar-refractivity contribution is -0.136. The highest BCUT2D eigenvalue weighted by molar-refractivity contribution is 5.92. The lowest BCUT2D eigenvalue weighted by Gasteiger charge is -2.13. The Morgan fingerprint density at radius 1 is 1.24 bits per heavy atom. The molecule has 1 amide bonds. The molecule has 9 heteroatoms. The number of carbonyl (C=O) groups is 1. The Kier molecular flexibility index (Phi) is 6.29. The Hall–Kier alpha value is -2.68. The van der Waals surface area contributed by atoms with Crippen molar-refractivity contribution in [2.45, 2.75) is 12.6 Å². The molecule has 2 N–H and O–H groups in total. The first kappa shape index (κ1) is 18.7. The van der Waals surface area contributed by atoms with Gasteiger partial charge in [-0.3, -0.25) is 4.79 Å². The summed E-state index contributed by atoms with van der Waals surface area (Å²) >= 11 is 0. The van der Waals surface area contributed by atoms with Gasteiger partial charge >= 0.3 is 6.18 Å². The molecule has 2 rings (SSSR count). The largest absolute Gasteiger partial charge is 0.418 e. The van der Waals surface area contributed by atoms with Gasteiger partial charge in [0.1, 0.15) is 5.69 Å².